The lowest BCUT2D eigenvalue weighted by Crippen LogP contribution is -2.40. The maximum absolute atomic E-state index is 11.9. The van der Waals surface area contributed by atoms with E-state index in [4.69, 9.17) is 0 Å². The van der Waals surface area contributed by atoms with Crippen LogP contribution in [0.3, 0.4) is 0 Å². The zero-order valence-electron chi connectivity index (χ0n) is 11.6. The van der Waals surface area contributed by atoms with E-state index in [-0.39, 0.29) is 10.7 Å². The van der Waals surface area contributed by atoms with Gasteiger partial charge >= 0.3 is 0 Å². The molecule has 1 atom stereocenters. The minimum Gasteiger partial charge on any atom is -0.345 e. The Kier molecular flexibility index (Phi) is 5.80. The van der Waals surface area contributed by atoms with Gasteiger partial charge in [-0.15, -0.1) is 11.8 Å². The van der Waals surface area contributed by atoms with Crippen LogP contribution in [0.15, 0.2) is 0 Å². The Morgan fingerprint density at radius 1 is 1.47 bits per heavy atom. The van der Waals surface area contributed by atoms with Crippen molar-refractivity contribution >= 4 is 17.7 Å². The van der Waals surface area contributed by atoms with Crippen molar-refractivity contribution in [1.82, 2.24) is 10.2 Å². The van der Waals surface area contributed by atoms with Crippen LogP contribution < -0.4 is 5.32 Å². The van der Waals surface area contributed by atoms with Gasteiger partial charge in [0.05, 0.1) is 5.75 Å². The number of amides is 1. The van der Waals surface area contributed by atoms with Gasteiger partial charge in [-0.1, -0.05) is 20.8 Å². The molecule has 1 aliphatic heterocycles. The van der Waals surface area contributed by atoms with E-state index in [9.17, 15) is 4.79 Å². The van der Waals surface area contributed by atoms with Crippen LogP contribution in [0.2, 0.25) is 0 Å². The molecule has 0 spiro atoms. The van der Waals surface area contributed by atoms with Gasteiger partial charge in [-0.2, -0.15) is 0 Å². The van der Waals surface area contributed by atoms with Crippen LogP contribution in [0.25, 0.3) is 0 Å². The van der Waals surface area contributed by atoms with E-state index >= 15 is 0 Å². The number of carbonyl (C=O) groups is 1. The predicted octanol–water partition coefficient (Wildman–Crippen LogP) is 1.98. The Balaban J connectivity index is 2.26. The highest BCUT2D eigenvalue weighted by molar-refractivity contribution is 8.01. The summed E-state index contributed by atoms with van der Waals surface area (Å²) >= 11 is 1.73. The van der Waals surface area contributed by atoms with Crippen molar-refractivity contribution in [2.45, 2.75) is 38.4 Å². The number of piperidine rings is 1. The fourth-order valence-electron chi connectivity index (χ4n) is 1.96. The van der Waals surface area contributed by atoms with Crippen molar-refractivity contribution in [1.29, 1.82) is 0 Å². The molecule has 0 aliphatic carbocycles. The van der Waals surface area contributed by atoms with E-state index in [1.165, 1.54) is 12.8 Å². The second-order valence-electron chi connectivity index (χ2n) is 5.89. The van der Waals surface area contributed by atoms with E-state index in [0.717, 1.165) is 19.6 Å². The predicted molar refractivity (Wildman–Crippen MR) is 75.4 cm³/mol. The lowest BCUT2D eigenvalue weighted by molar-refractivity contribution is -0.127. The summed E-state index contributed by atoms with van der Waals surface area (Å²) in [6.07, 6.45) is 2.49. The van der Waals surface area contributed by atoms with Gasteiger partial charge in [-0.25, -0.2) is 0 Å². The zero-order valence-corrected chi connectivity index (χ0v) is 12.4. The van der Waals surface area contributed by atoms with Crippen LogP contribution in [-0.2, 0) is 4.79 Å². The van der Waals surface area contributed by atoms with E-state index in [1.807, 2.05) is 11.9 Å². The average molecular weight is 258 g/mol. The normalized spacial score (nSPS) is 21.3. The van der Waals surface area contributed by atoms with Crippen molar-refractivity contribution in [3.8, 4) is 0 Å². The fourth-order valence-corrected chi connectivity index (χ4v) is 2.73. The Morgan fingerprint density at radius 3 is 2.71 bits per heavy atom. The monoisotopic (exact) mass is 258 g/mol. The minimum absolute atomic E-state index is 0.170. The van der Waals surface area contributed by atoms with Crippen molar-refractivity contribution in [2.24, 2.45) is 5.92 Å². The first-order valence-corrected chi connectivity index (χ1v) is 7.45. The van der Waals surface area contributed by atoms with Crippen LogP contribution in [0.4, 0.5) is 0 Å². The van der Waals surface area contributed by atoms with Gasteiger partial charge in [0, 0.05) is 18.3 Å². The molecular formula is C13H26N2OS. The summed E-state index contributed by atoms with van der Waals surface area (Å²) in [6, 6.07) is 0. The van der Waals surface area contributed by atoms with Gasteiger partial charge in [-0.3, -0.25) is 4.79 Å². The summed E-state index contributed by atoms with van der Waals surface area (Å²) in [5.74, 6) is 1.49. The number of thioether (sulfide) groups is 1. The average Bonchev–Trinajstić information content (AvgIpc) is 2.26. The topological polar surface area (TPSA) is 32.3 Å². The summed E-state index contributed by atoms with van der Waals surface area (Å²) in [5.41, 5.74) is 0. The molecule has 0 aromatic carbocycles. The van der Waals surface area contributed by atoms with Gasteiger partial charge in [0.2, 0.25) is 5.91 Å². The summed E-state index contributed by atoms with van der Waals surface area (Å²) in [4.78, 5) is 13.8. The van der Waals surface area contributed by atoms with Gasteiger partial charge in [0.25, 0.3) is 0 Å². The molecule has 1 heterocycles. The lowest BCUT2D eigenvalue weighted by Gasteiger charge is -2.28. The van der Waals surface area contributed by atoms with Crippen LogP contribution in [0.1, 0.15) is 33.6 Å². The largest absolute Gasteiger partial charge is 0.345 e. The first-order chi connectivity index (χ1) is 7.88. The standard InChI is InChI=1S/C13H26N2OS/c1-13(2,3)17-10-12(16)15(4)9-11-6-5-7-14-8-11/h11,14H,5-10H2,1-4H3. The van der Waals surface area contributed by atoms with Crippen LogP contribution in [-0.4, -0.2) is 48.0 Å². The molecule has 1 unspecified atom stereocenters. The molecular weight excluding hydrogens is 232 g/mol. The maximum Gasteiger partial charge on any atom is 0.232 e. The van der Waals surface area contributed by atoms with Crippen LogP contribution >= 0.6 is 11.8 Å². The highest BCUT2D eigenvalue weighted by Crippen LogP contribution is 2.23. The molecule has 1 amide bonds. The summed E-state index contributed by atoms with van der Waals surface area (Å²) < 4.78 is 0.170. The minimum atomic E-state index is 0.170. The van der Waals surface area contributed by atoms with Gasteiger partial charge < -0.3 is 10.2 Å². The molecule has 0 bridgehead atoms. The second-order valence-corrected chi connectivity index (χ2v) is 7.69. The number of nitrogens with zero attached hydrogens (tertiary/aromatic N) is 1. The number of hydrogen-bond donors (Lipinski definition) is 1. The molecule has 17 heavy (non-hydrogen) atoms. The van der Waals surface area contributed by atoms with Crippen molar-refractivity contribution < 1.29 is 4.79 Å². The molecule has 1 saturated heterocycles. The fraction of sp³-hybridized carbons (Fsp3) is 0.923. The second kappa shape index (κ2) is 6.64. The molecule has 100 valence electrons. The summed E-state index contributed by atoms with van der Waals surface area (Å²) in [5, 5.41) is 3.39. The molecule has 3 nitrogen and oxygen atoms in total. The Morgan fingerprint density at radius 2 is 2.18 bits per heavy atom. The van der Waals surface area contributed by atoms with Crippen LogP contribution in [0, 0.1) is 5.92 Å². The number of carbonyl (C=O) groups excluding carboxylic acids is 1. The molecule has 0 saturated carbocycles. The number of rotatable bonds is 4. The first kappa shape index (κ1) is 14.8. The maximum atomic E-state index is 11.9. The van der Waals surface area contributed by atoms with E-state index in [1.54, 1.807) is 11.8 Å². The third-order valence-electron chi connectivity index (χ3n) is 2.99. The third kappa shape index (κ3) is 6.32. The van der Waals surface area contributed by atoms with Crippen molar-refractivity contribution in [2.75, 3.05) is 32.4 Å². The third-order valence-corrected chi connectivity index (χ3v) is 4.24. The smallest absolute Gasteiger partial charge is 0.232 e. The Labute approximate surface area is 110 Å². The highest BCUT2D eigenvalue weighted by Gasteiger charge is 2.19. The molecule has 1 fully saturated rings. The van der Waals surface area contributed by atoms with Crippen molar-refractivity contribution in [3.63, 3.8) is 0 Å². The van der Waals surface area contributed by atoms with Crippen molar-refractivity contribution in [3.05, 3.63) is 0 Å². The lowest BCUT2D eigenvalue weighted by atomic mass is 9.99. The quantitative estimate of drug-likeness (QED) is 0.837. The summed E-state index contributed by atoms with van der Waals surface area (Å²) in [6.45, 7) is 9.54. The number of nitrogens with one attached hydrogen (secondary N) is 1. The molecule has 1 N–H and O–H groups in total. The van der Waals surface area contributed by atoms with Gasteiger partial charge in [0.1, 0.15) is 0 Å². The molecule has 1 rings (SSSR count). The van der Waals surface area contributed by atoms with E-state index in [0.29, 0.717) is 11.7 Å². The Hall–Kier alpha value is -0.220. The first-order valence-electron chi connectivity index (χ1n) is 6.47. The highest BCUT2D eigenvalue weighted by atomic mass is 32.2. The van der Waals surface area contributed by atoms with E-state index in [2.05, 4.69) is 26.1 Å². The summed E-state index contributed by atoms with van der Waals surface area (Å²) in [7, 11) is 1.93. The number of hydrogen-bond acceptors (Lipinski definition) is 3. The molecule has 4 heteroatoms. The Bertz CT molecular complexity index is 244. The van der Waals surface area contributed by atoms with Crippen LogP contribution in [0.5, 0.6) is 0 Å². The molecule has 0 aromatic rings. The molecule has 0 aromatic heterocycles. The zero-order chi connectivity index (χ0) is 12.9. The SMILES string of the molecule is CN(CC1CCCNC1)C(=O)CSC(C)(C)C. The molecule has 0 radical (unpaired) electrons. The van der Waals surface area contributed by atoms with Gasteiger partial charge in [0.15, 0.2) is 0 Å². The molecule has 1 aliphatic rings. The van der Waals surface area contributed by atoms with Gasteiger partial charge in [-0.05, 0) is 31.8 Å². The van der Waals surface area contributed by atoms with E-state index < -0.39 is 0 Å².